The molecule has 3 heterocycles. The van der Waals surface area contributed by atoms with E-state index in [0.717, 1.165) is 9.13 Å². The first-order valence-corrected chi connectivity index (χ1v) is 12.4. The van der Waals surface area contributed by atoms with E-state index in [9.17, 15) is 24.6 Å². The number of aromatic hydroxyl groups is 1. The number of aromatic nitrogens is 2. The first-order valence-electron chi connectivity index (χ1n) is 12.0. The fourth-order valence-corrected chi connectivity index (χ4v) is 4.81. The van der Waals surface area contributed by atoms with Crippen molar-refractivity contribution in [1.82, 2.24) is 9.13 Å². The number of rotatable bonds is 3. The van der Waals surface area contributed by atoms with Crippen molar-refractivity contribution in [3.63, 3.8) is 0 Å². The van der Waals surface area contributed by atoms with Gasteiger partial charge in [-0.15, -0.1) is 0 Å². The molecular weight excluding hydrogens is 498 g/mol. The monoisotopic (exact) mass is 525 g/mol. The molecule has 4 aromatic rings. The number of benzene rings is 2. The molecule has 0 bridgehead atoms. The summed E-state index contributed by atoms with van der Waals surface area (Å²) in [5.74, 6) is -2.70. The summed E-state index contributed by atoms with van der Waals surface area (Å²) in [6.45, 7) is 2.75. The van der Waals surface area contributed by atoms with E-state index in [0.29, 0.717) is 0 Å². The van der Waals surface area contributed by atoms with Crippen molar-refractivity contribution < 1.29 is 19.9 Å². The summed E-state index contributed by atoms with van der Waals surface area (Å²) in [4.78, 5) is 38.2. The predicted molar refractivity (Wildman–Crippen MR) is 138 cm³/mol. The van der Waals surface area contributed by atoms with Crippen molar-refractivity contribution in [3.05, 3.63) is 102 Å². The molecule has 0 radical (unpaired) electrons. The van der Waals surface area contributed by atoms with Crippen LogP contribution in [0.1, 0.15) is 41.9 Å². The quantitative estimate of drug-likeness (QED) is 0.390. The Labute approximate surface area is 217 Å². The van der Waals surface area contributed by atoms with Crippen molar-refractivity contribution in [3.8, 4) is 11.6 Å². The van der Waals surface area contributed by atoms with Crippen LogP contribution >= 0.6 is 11.6 Å². The van der Waals surface area contributed by atoms with Gasteiger partial charge < -0.3 is 24.5 Å². The summed E-state index contributed by atoms with van der Waals surface area (Å²) in [6, 6.07) is 12.6. The Hall–Kier alpha value is -3.82. The standard InChI is InChI=1S/C22H17ClN2O6.C5H11N/c1-24-19(27)17(20(28)25(2)22(24)30)15(11-7-3-5-9-13(11)23)16-18(26)12-8-4-6-10-14(12)31-21(16)29;1-2-4-6-5-3-1/h3-10,15,26-27H,1-2H3;6H,1-5H2. The zero-order chi connectivity index (χ0) is 26.7. The minimum atomic E-state index is -1.37. The van der Waals surface area contributed by atoms with Gasteiger partial charge >= 0.3 is 11.3 Å². The molecule has 1 atom stereocenters. The molecule has 9 nitrogen and oxygen atoms in total. The number of fused-ring (bicyclic) bond motifs is 1. The number of para-hydroxylation sites is 1. The van der Waals surface area contributed by atoms with Gasteiger partial charge in [-0.05, 0) is 48.9 Å². The molecule has 1 saturated heterocycles. The second-order valence-electron chi connectivity index (χ2n) is 8.95. The topological polar surface area (TPSA) is 134 Å². The zero-order valence-corrected chi connectivity index (χ0v) is 21.3. The van der Waals surface area contributed by atoms with Crippen molar-refractivity contribution >= 4 is 22.6 Å². The SMILES string of the molecule is C1CC[NH2+]CC1.Cn1c([O-])c(C(c2ccccc2Cl)c2c(O)c3ccccc3oc2=O)c(=O)n(C)c1=O. The molecule has 1 fully saturated rings. The van der Waals surface area contributed by atoms with Gasteiger partial charge in [0.15, 0.2) is 0 Å². The number of piperidine rings is 1. The van der Waals surface area contributed by atoms with Crippen LogP contribution in [0, 0.1) is 0 Å². The fraction of sp³-hybridized carbons (Fsp3) is 0.296. The first kappa shape index (κ1) is 26.2. The Morgan fingerprint density at radius 2 is 1.59 bits per heavy atom. The van der Waals surface area contributed by atoms with Crippen LogP contribution in [0.3, 0.4) is 0 Å². The van der Waals surface area contributed by atoms with Crippen LogP contribution in [-0.2, 0) is 14.1 Å². The highest BCUT2D eigenvalue weighted by atomic mass is 35.5. The van der Waals surface area contributed by atoms with Gasteiger partial charge in [0.1, 0.15) is 11.3 Å². The lowest BCUT2D eigenvalue weighted by Crippen LogP contribution is -2.85. The third-order valence-corrected chi connectivity index (χ3v) is 6.92. The van der Waals surface area contributed by atoms with E-state index in [4.69, 9.17) is 16.0 Å². The Morgan fingerprint density at radius 3 is 2.22 bits per heavy atom. The molecule has 10 heteroatoms. The maximum atomic E-state index is 13.0. The summed E-state index contributed by atoms with van der Waals surface area (Å²) >= 11 is 6.36. The molecule has 1 aliphatic heterocycles. The number of nitrogens with two attached hydrogens (primary N) is 1. The van der Waals surface area contributed by atoms with Crippen LogP contribution in [0.2, 0.25) is 5.02 Å². The van der Waals surface area contributed by atoms with Crippen LogP contribution in [0.25, 0.3) is 11.0 Å². The van der Waals surface area contributed by atoms with Crippen molar-refractivity contribution in [2.75, 3.05) is 13.1 Å². The van der Waals surface area contributed by atoms with Crippen molar-refractivity contribution in [2.24, 2.45) is 14.1 Å². The lowest BCUT2D eigenvalue weighted by atomic mass is 9.85. The van der Waals surface area contributed by atoms with Gasteiger partial charge in [0.25, 0.3) is 5.56 Å². The minimum absolute atomic E-state index is 0.141. The third-order valence-electron chi connectivity index (χ3n) is 6.57. The Bertz CT molecular complexity index is 1610. The van der Waals surface area contributed by atoms with E-state index >= 15 is 0 Å². The maximum absolute atomic E-state index is 13.0. The molecule has 0 amide bonds. The third kappa shape index (κ3) is 5.05. The van der Waals surface area contributed by atoms with Crippen LogP contribution in [0.15, 0.2) is 67.3 Å². The Balaban J connectivity index is 0.000000469. The number of halogens is 1. The highest BCUT2D eigenvalue weighted by Gasteiger charge is 2.31. The normalized spacial score (nSPS) is 14.1. The second kappa shape index (κ2) is 11.1. The van der Waals surface area contributed by atoms with Crippen LogP contribution in [0.5, 0.6) is 11.6 Å². The molecule has 0 saturated carbocycles. The minimum Gasteiger partial charge on any atom is -0.860 e. The lowest BCUT2D eigenvalue weighted by Gasteiger charge is -2.26. The lowest BCUT2D eigenvalue weighted by molar-refractivity contribution is -0.662. The molecule has 1 aliphatic rings. The largest absolute Gasteiger partial charge is 0.860 e. The second-order valence-corrected chi connectivity index (χ2v) is 9.36. The van der Waals surface area contributed by atoms with Crippen LogP contribution in [-0.4, -0.2) is 27.3 Å². The van der Waals surface area contributed by atoms with Crippen molar-refractivity contribution in [2.45, 2.75) is 25.2 Å². The number of hydrogen-bond acceptors (Lipinski definition) is 6. The molecule has 3 N–H and O–H groups in total. The Kier molecular flexibility index (Phi) is 7.85. The molecule has 2 aromatic carbocycles. The van der Waals surface area contributed by atoms with Gasteiger partial charge in [-0.1, -0.05) is 41.9 Å². The molecule has 0 aliphatic carbocycles. The number of quaternary nitrogens is 1. The molecule has 0 spiro atoms. The predicted octanol–water partition coefficient (Wildman–Crippen LogP) is 1.54. The molecule has 5 rings (SSSR count). The maximum Gasteiger partial charge on any atom is 0.344 e. The van der Waals surface area contributed by atoms with Gasteiger partial charge in [0.05, 0.1) is 30.0 Å². The smallest absolute Gasteiger partial charge is 0.344 e. The molecule has 37 heavy (non-hydrogen) atoms. The molecule has 2 aromatic heterocycles. The van der Waals surface area contributed by atoms with Gasteiger partial charge in [0, 0.05) is 24.7 Å². The van der Waals surface area contributed by atoms with Gasteiger partial charge in [0.2, 0.25) is 0 Å². The van der Waals surface area contributed by atoms with E-state index in [-0.39, 0.29) is 27.1 Å². The van der Waals surface area contributed by atoms with Gasteiger partial charge in [-0.3, -0.25) is 9.36 Å². The van der Waals surface area contributed by atoms with E-state index < -0.39 is 40.0 Å². The highest BCUT2D eigenvalue weighted by Crippen LogP contribution is 2.41. The summed E-state index contributed by atoms with van der Waals surface area (Å²) < 4.78 is 6.89. The average molecular weight is 526 g/mol. The number of hydrogen-bond donors (Lipinski definition) is 2. The fourth-order valence-electron chi connectivity index (χ4n) is 4.56. The van der Waals surface area contributed by atoms with Crippen LogP contribution < -0.4 is 27.3 Å². The zero-order valence-electron chi connectivity index (χ0n) is 20.6. The average Bonchev–Trinajstić information content (AvgIpc) is 2.92. The molecule has 1 unspecified atom stereocenters. The number of nitrogens with zero attached hydrogens (tertiary/aromatic N) is 2. The van der Waals surface area contributed by atoms with Crippen LogP contribution in [0.4, 0.5) is 0 Å². The summed E-state index contributed by atoms with van der Waals surface area (Å²) in [5.41, 5.74) is -3.00. The summed E-state index contributed by atoms with van der Waals surface area (Å²) in [6.07, 6.45) is 4.36. The summed E-state index contributed by atoms with van der Waals surface area (Å²) in [5, 5.41) is 26.8. The van der Waals surface area contributed by atoms with Crippen molar-refractivity contribution in [1.29, 1.82) is 0 Å². The molecular formula is C27H28ClN3O6. The van der Waals surface area contributed by atoms with Gasteiger partial charge in [-0.25, -0.2) is 9.59 Å². The van der Waals surface area contributed by atoms with E-state index in [1.165, 1.54) is 70.7 Å². The van der Waals surface area contributed by atoms with Gasteiger partial charge in [-0.2, -0.15) is 0 Å². The first-order chi connectivity index (χ1) is 17.7. The van der Waals surface area contributed by atoms with E-state index in [1.807, 2.05) is 0 Å². The Morgan fingerprint density at radius 1 is 0.946 bits per heavy atom. The van der Waals surface area contributed by atoms with E-state index in [2.05, 4.69) is 5.32 Å². The van der Waals surface area contributed by atoms with E-state index in [1.54, 1.807) is 24.3 Å². The molecule has 194 valence electrons. The summed E-state index contributed by atoms with van der Waals surface area (Å²) in [7, 11) is 2.44. The highest BCUT2D eigenvalue weighted by molar-refractivity contribution is 6.31.